The monoisotopic (exact) mass is 445 g/mol. The zero-order valence-corrected chi connectivity index (χ0v) is 16.7. The summed E-state index contributed by atoms with van der Waals surface area (Å²) in [6, 6.07) is 18.7. The number of aromatic carboxylic acids is 1. The van der Waals surface area contributed by atoms with Crippen molar-refractivity contribution in [3.63, 3.8) is 0 Å². The fourth-order valence-corrected chi connectivity index (χ4v) is 4.00. The number of anilines is 1. The lowest BCUT2D eigenvalue weighted by molar-refractivity contribution is 0.0698. The van der Waals surface area contributed by atoms with Gasteiger partial charge in [-0.2, -0.15) is 0 Å². The molecule has 0 radical (unpaired) electrons. The number of benzene rings is 3. The van der Waals surface area contributed by atoms with Gasteiger partial charge in [-0.1, -0.05) is 57.9 Å². The molecule has 0 fully saturated rings. The fourth-order valence-electron chi connectivity index (χ4n) is 2.56. The summed E-state index contributed by atoms with van der Waals surface area (Å²) in [6.07, 6.45) is 0. The Morgan fingerprint density at radius 2 is 1.48 bits per heavy atom. The molecule has 3 aromatic rings. The minimum atomic E-state index is -3.92. The van der Waals surface area contributed by atoms with Crippen LogP contribution in [-0.2, 0) is 10.0 Å². The Kier molecular flexibility index (Phi) is 5.34. The third-order valence-electron chi connectivity index (χ3n) is 4.01. The minimum absolute atomic E-state index is 0.00770. The molecule has 0 aliphatic rings. The molecule has 0 atom stereocenters. The maximum atomic E-state index is 12.6. The van der Waals surface area contributed by atoms with E-state index in [9.17, 15) is 18.3 Å². The van der Waals surface area contributed by atoms with Gasteiger partial charge in [-0.05, 0) is 48.4 Å². The van der Waals surface area contributed by atoms with E-state index in [0.29, 0.717) is 4.47 Å². The SMILES string of the molecule is Cc1ccc(-c2ccc(S(=O)(=O)Nc3ccc(Br)cc3C(=O)O)cc2)cc1. The van der Waals surface area contributed by atoms with Crippen molar-refractivity contribution in [2.75, 3.05) is 4.72 Å². The number of aryl methyl sites for hydroxylation is 1. The quantitative estimate of drug-likeness (QED) is 0.583. The van der Waals surface area contributed by atoms with Gasteiger partial charge in [0.15, 0.2) is 0 Å². The van der Waals surface area contributed by atoms with Crippen molar-refractivity contribution in [2.24, 2.45) is 0 Å². The first-order chi connectivity index (χ1) is 12.8. The van der Waals surface area contributed by atoms with Gasteiger partial charge in [-0.3, -0.25) is 4.72 Å². The molecule has 0 heterocycles. The highest BCUT2D eigenvalue weighted by atomic mass is 79.9. The summed E-state index contributed by atoms with van der Waals surface area (Å²) in [5.74, 6) is -1.22. The summed E-state index contributed by atoms with van der Waals surface area (Å²) in [7, 11) is -3.92. The van der Waals surface area contributed by atoms with E-state index in [4.69, 9.17) is 0 Å². The minimum Gasteiger partial charge on any atom is -0.478 e. The molecule has 3 rings (SSSR count). The van der Waals surface area contributed by atoms with Gasteiger partial charge >= 0.3 is 5.97 Å². The highest BCUT2D eigenvalue weighted by Gasteiger charge is 2.19. The van der Waals surface area contributed by atoms with E-state index in [1.165, 1.54) is 24.3 Å². The van der Waals surface area contributed by atoms with Gasteiger partial charge in [-0.15, -0.1) is 0 Å². The normalized spacial score (nSPS) is 11.2. The average Bonchev–Trinajstić information content (AvgIpc) is 2.63. The van der Waals surface area contributed by atoms with E-state index in [1.807, 2.05) is 31.2 Å². The largest absolute Gasteiger partial charge is 0.478 e. The number of carboxylic acids is 1. The Morgan fingerprint density at radius 1 is 0.926 bits per heavy atom. The van der Waals surface area contributed by atoms with Gasteiger partial charge in [0.25, 0.3) is 10.0 Å². The maximum absolute atomic E-state index is 12.6. The molecular formula is C20H16BrNO4S. The molecule has 0 bridgehead atoms. The third-order valence-corrected chi connectivity index (χ3v) is 5.88. The summed E-state index contributed by atoms with van der Waals surface area (Å²) >= 11 is 3.18. The Bertz CT molecular complexity index is 1090. The molecule has 0 aliphatic heterocycles. The summed E-state index contributed by atoms with van der Waals surface area (Å²) in [4.78, 5) is 11.4. The second kappa shape index (κ2) is 7.54. The van der Waals surface area contributed by atoms with Gasteiger partial charge in [0.1, 0.15) is 0 Å². The lowest BCUT2D eigenvalue weighted by Crippen LogP contribution is -2.15. The van der Waals surface area contributed by atoms with Crippen molar-refractivity contribution in [2.45, 2.75) is 11.8 Å². The van der Waals surface area contributed by atoms with Crippen LogP contribution in [0.2, 0.25) is 0 Å². The molecule has 0 aliphatic carbocycles. The van der Waals surface area contributed by atoms with Crippen molar-refractivity contribution in [3.05, 3.63) is 82.3 Å². The number of carbonyl (C=O) groups is 1. The average molecular weight is 446 g/mol. The van der Waals surface area contributed by atoms with Crippen LogP contribution in [0.1, 0.15) is 15.9 Å². The number of sulfonamides is 1. The number of halogens is 1. The van der Waals surface area contributed by atoms with Crippen LogP contribution in [0.4, 0.5) is 5.69 Å². The van der Waals surface area contributed by atoms with Gasteiger partial charge in [0, 0.05) is 4.47 Å². The molecule has 0 amide bonds. The van der Waals surface area contributed by atoms with Gasteiger partial charge in [0.05, 0.1) is 16.1 Å². The zero-order valence-electron chi connectivity index (χ0n) is 14.3. The molecular weight excluding hydrogens is 430 g/mol. The van der Waals surface area contributed by atoms with Gasteiger partial charge in [0.2, 0.25) is 0 Å². The number of hydrogen-bond donors (Lipinski definition) is 2. The van der Waals surface area contributed by atoms with Crippen LogP contribution in [0.25, 0.3) is 11.1 Å². The molecule has 7 heteroatoms. The number of nitrogens with one attached hydrogen (secondary N) is 1. The van der Waals surface area contributed by atoms with Crippen LogP contribution >= 0.6 is 15.9 Å². The predicted molar refractivity (Wildman–Crippen MR) is 109 cm³/mol. The molecule has 0 unspecified atom stereocenters. The topological polar surface area (TPSA) is 83.5 Å². The first-order valence-corrected chi connectivity index (χ1v) is 10.3. The van der Waals surface area contributed by atoms with Crippen molar-refractivity contribution < 1.29 is 18.3 Å². The van der Waals surface area contributed by atoms with E-state index in [1.54, 1.807) is 18.2 Å². The third kappa shape index (κ3) is 4.37. The highest BCUT2D eigenvalue weighted by Crippen LogP contribution is 2.26. The summed E-state index contributed by atoms with van der Waals surface area (Å²) in [5.41, 5.74) is 2.89. The summed E-state index contributed by atoms with van der Waals surface area (Å²) in [5, 5.41) is 9.28. The number of rotatable bonds is 5. The van der Waals surface area contributed by atoms with E-state index in [2.05, 4.69) is 20.7 Å². The second-order valence-electron chi connectivity index (χ2n) is 5.99. The molecule has 5 nitrogen and oxygen atoms in total. The Balaban J connectivity index is 1.90. The van der Waals surface area contributed by atoms with E-state index >= 15 is 0 Å². The van der Waals surface area contributed by atoms with Crippen LogP contribution in [-0.4, -0.2) is 19.5 Å². The maximum Gasteiger partial charge on any atom is 0.337 e. The first kappa shape index (κ1) is 19.1. The lowest BCUT2D eigenvalue weighted by Gasteiger charge is -2.11. The fraction of sp³-hybridized carbons (Fsp3) is 0.0500. The molecule has 2 N–H and O–H groups in total. The smallest absolute Gasteiger partial charge is 0.337 e. The van der Waals surface area contributed by atoms with Crippen LogP contribution in [0, 0.1) is 6.92 Å². The Labute approximate surface area is 165 Å². The molecule has 27 heavy (non-hydrogen) atoms. The van der Waals surface area contributed by atoms with E-state index in [0.717, 1.165) is 16.7 Å². The first-order valence-electron chi connectivity index (χ1n) is 7.99. The van der Waals surface area contributed by atoms with Crippen molar-refractivity contribution in [3.8, 4) is 11.1 Å². The zero-order chi connectivity index (χ0) is 19.6. The Morgan fingerprint density at radius 3 is 2.04 bits per heavy atom. The molecule has 0 aromatic heterocycles. The Hall–Kier alpha value is -2.64. The molecule has 3 aromatic carbocycles. The number of carboxylic acid groups (broad SMARTS) is 1. The van der Waals surface area contributed by atoms with Crippen LogP contribution in [0.15, 0.2) is 76.1 Å². The van der Waals surface area contributed by atoms with Crippen LogP contribution in [0.5, 0.6) is 0 Å². The molecule has 0 saturated heterocycles. The lowest BCUT2D eigenvalue weighted by atomic mass is 10.0. The standard InChI is InChI=1S/C20H16BrNO4S/c1-13-2-4-14(5-3-13)15-6-9-17(10-7-15)27(25,26)22-19-11-8-16(21)12-18(19)20(23)24/h2-12,22H,1H3,(H,23,24). The van der Waals surface area contributed by atoms with Crippen molar-refractivity contribution >= 4 is 37.6 Å². The van der Waals surface area contributed by atoms with Gasteiger partial charge < -0.3 is 5.11 Å². The summed E-state index contributed by atoms with van der Waals surface area (Å²) in [6.45, 7) is 2.00. The van der Waals surface area contributed by atoms with Crippen molar-refractivity contribution in [1.29, 1.82) is 0 Å². The van der Waals surface area contributed by atoms with E-state index in [-0.39, 0.29) is 16.1 Å². The predicted octanol–water partition coefficient (Wildman–Crippen LogP) is 4.92. The van der Waals surface area contributed by atoms with E-state index < -0.39 is 16.0 Å². The molecule has 0 spiro atoms. The number of hydrogen-bond acceptors (Lipinski definition) is 3. The van der Waals surface area contributed by atoms with Crippen LogP contribution in [0.3, 0.4) is 0 Å². The van der Waals surface area contributed by atoms with Crippen molar-refractivity contribution in [1.82, 2.24) is 0 Å². The van der Waals surface area contributed by atoms with Gasteiger partial charge in [-0.25, -0.2) is 13.2 Å². The second-order valence-corrected chi connectivity index (χ2v) is 8.59. The molecule has 138 valence electrons. The summed E-state index contributed by atoms with van der Waals surface area (Å²) < 4.78 is 28.2. The van der Waals surface area contributed by atoms with Crippen LogP contribution < -0.4 is 4.72 Å². The molecule has 0 saturated carbocycles. The highest BCUT2D eigenvalue weighted by molar-refractivity contribution is 9.10.